The number of pyridine rings is 2. The van der Waals surface area contributed by atoms with Gasteiger partial charge in [0.1, 0.15) is 0 Å². The van der Waals surface area contributed by atoms with Gasteiger partial charge in [0.2, 0.25) is 0 Å². The molecule has 4 heteroatoms. The van der Waals surface area contributed by atoms with Gasteiger partial charge >= 0.3 is 0 Å². The van der Waals surface area contributed by atoms with Crippen LogP contribution < -0.4 is 11.1 Å². The molecule has 110 valence electrons. The first-order valence-electron chi connectivity index (χ1n) is 7.04. The molecule has 0 N–H and O–H groups in total. The van der Waals surface area contributed by atoms with Crippen LogP contribution in [-0.2, 0) is 0 Å². The number of benzene rings is 1. The average molecular weight is 292 g/mol. The first-order valence-corrected chi connectivity index (χ1v) is 7.04. The molecular weight excluding hydrogens is 276 g/mol. The van der Waals surface area contributed by atoms with Gasteiger partial charge in [-0.3, -0.25) is 18.7 Å². The molecule has 0 bridgehead atoms. The smallest absolute Gasteiger partial charge is 0.255 e. The van der Waals surface area contributed by atoms with E-state index in [-0.39, 0.29) is 11.1 Å². The Morgan fingerprint density at radius 3 is 1.59 bits per heavy atom. The van der Waals surface area contributed by atoms with Crippen molar-refractivity contribution in [3.8, 4) is 11.4 Å². The third kappa shape index (κ3) is 2.63. The Morgan fingerprint density at radius 2 is 1.14 bits per heavy atom. The van der Waals surface area contributed by atoms with Gasteiger partial charge < -0.3 is 0 Å². The van der Waals surface area contributed by atoms with Crippen molar-refractivity contribution in [2.75, 3.05) is 0 Å². The van der Waals surface area contributed by atoms with Crippen LogP contribution in [0.3, 0.4) is 0 Å². The van der Waals surface area contributed by atoms with Crippen LogP contribution in [-0.4, -0.2) is 9.13 Å². The van der Waals surface area contributed by atoms with Gasteiger partial charge in [-0.1, -0.05) is 18.2 Å². The molecule has 1 aromatic carbocycles. The van der Waals surface area contributed by atoms with Gasteiger partial charge in [0.15, 0.2) is 0 Å². The predicted octanol–water partition coefficient (Wildman–Crippen LogP) is 2.61. The number of rotatable bonds is 2. The Labute approximate surface area is 127 Å². The van der Waals surface area contributed by atoms with Crippen molar-refractivity contribution in [2.24, 2.45) is 0 Å². The summed E-state index contributed by atoms with van der Waals surface area (Å²) >= 11 is 0. The Morgan fingerprint density at radius 1 is 0.682 bits per heavy atom. The SMILES string of the molecule is Cc1ccc(=O)n(-c2cccc(-n3cc(C)ccc3=O)c2)c1. The van der Waals surface area contributed by atoms with E-state index in [1.165, 1.54) is 0 Å². The molecular formula is C18H16N2O2. The van der Waals surface area contributed by atoms with Gasteiger partial charge in [-0.2, -0.15) is 0 Å². The molecule has 0 atom stereocenters. The van der Waals surface area contributed by atoms with Gasteiger partial charge in [0.25, 0.3) is 11.1 Å². The van der Waals surface area contributed by atoms with Crippen molar-refractivity contribution >= 4 is 0 Å². The zero-order valence-corrected chi connectivity index (χ0v) is 12.5. The first-order chi connectivity index (χ1) is 10.5. The highest BCUT2D eigenvalue weighted by molar-refractivity contribution is 5.44. The fraction of sp³-hybridized carbons (Fsp3) is 0.111. The Bertz CT molecular complexity index is 877. The number of aromatic nitrogens is 2. The summed E-state index contributed by atoms with van der Waals surface area (Å²) in [7, 11) is 0. The lowest BCUT2D eigenvalue weighted by molar-refractivity contribution is 0.948. The molecule has 3 rings (SSSR count). The monoisotopic (exact) mass is 292 g/mol. The van der Waals surface area contributed by atoms with Crippen molar-refractivity contribution in [2.45, 2.75) is 13.8 Å². The molecule has 0 saturated carbocycles. The molecule has 0 saturated heterocycles. The first kappa shape index (κ1) is 14.1. The van der Waals surface area contributed by atoms with Crippen LogP contribution in [0.2, 0.25) is 0 Å². The summed E-state index contributed by atoms with van der Waals surface area (Å²) < 4.78 is 3.17. The van der Waals surface area contributed by atoms with E-state index in [2.05, 4.69) is 0 Å². The van der Waals surface area contributed by atoms with Crippen molar-refractivity contribution in [3.63, 3.8) is 0 Å². The molecule has 0 unspecified atom stereocenters. The van der Waals surface area contributed by atoms with Crippen molar-refractivity contribution in [1.29, 1.82) is 0 Å². The fourth-order valence-corrected chi connectivity index (χ4v) is 2.38. The molecule has 22 heavy (non-hydrogen) atoms. The maximum absolute atomic E-state index is 12.0. The molecule has 0 aliphatic heterocycles. The lowest BCUT2D eigenvalue weighted by Crippen LogP contribution is -2.19. The largest absolute Gasteiger partial charge is 0.284 e. The van der Waals surface area contributed by atoms with Crippen LogP contribution in [0.25, 0.3) is 11.4 Å². The second-order valence-electron chi connectivity index (χ2n) is 5.35. The average Bonchev–Trinajstić information content (AvgIpc) is 2.52. The van der Waals surface area contributed by atoms with Crippen molar-refractivity contribution in [1.82, 2.24) is 9.13 Å². The lowest BCUT2D eigenvalue weighted by atomic mass is 10.2. The summed E-state index contributed by atoms with van der Waals surface area (Å²) in [4.78, 5) is 24.1. The van der Waals surface area contributed by atoms with Crippen LogP contribution in [0.1, 0.15) is 11.1 Å². The van der Waals surface area contributed by atoms with E-state index in [0.717, 1.165) is 22.5 Å². The molecule has 2 heterocycles. The van der Waals surface area contributed by atoms with E-state index in [0.29, 0.717) is 0 Å². The zero-order chi connectivity index (χ0) is 15.7. The summed E-state index contributed by atoms with van der Waals surface area (Å²) in [6.07, 6.45) is 3.58. The maximum atomic E-state index is 12.0. The summed E-state index contributed by atoms with van der Waals surface area (Å²) in [5, 5.41) is 0. The van der Waals surface area contributed by atoms with Crippen molar-refractivity contribution < 1.29 is 0 Å². The number of nitrogens with zero attached hydrogens (tertiary/aromatic N) is 2. The minimum atomic E-state index is -0.0978. The second kappa shape index (κ2) is 5.48. The third-order valence-corrected chi connectivity index (χ3v) is 3.50. The second-order valence-corrected chi connectivity index (χ2v) is 5.35. The Hall–Kier alpha value is -2.88. The van der Waals surface area contributed by atoms with E-state index in [1.807, 2.05) is 38.1 Å². The van der Waals surface area contributed by atoms with E-state index in [1.54, 1.807) is 45.8 Å². The molecule has 0 fully saturated rings. The van der Waals surface area contributed by atoms with E-state index >= 15 is 0 Å². The van der Waals surface area contributed by atoms with Gasteiger partial charge in [-0.15, -0.1) is 0 Å². The molecule has 0 spiro atoms. The fourth-order valence-electron chi connectivity index (χ4n) is 2.38. The van der Waals surface area contributed by atoms with Gasteiger partial charge in [-0.25, -0.2) is 0 Å². The minimum absolute atomic E-state index is 0.0978. The highest BCUT2D eigenvalue weighted by atomic mass is 16.1. The van der Waals surface area contributed by atoms with E-state index in [4.69, 9.17) is 0 Å². The normalized spacial score (nSPS) is 10.6. The molecule has 0 amide bonds. The van der Waals surface area contributed by atoms with Crippen LogP contribution in [0, 0.1) is 13.8 Å². The molecule has 3 aromatic rings. The highest BCUT2D eigenvalue weighted by Gasteiger charge is 2.04. The quantitative estimate of drug-likeness (QED) is 0.728. The summed E-state index contributed by atoms with van der Waals surface area (Å²) in [6.45, 7) is 3.87. The van der Waals surface area contributed by atoms with Gasteiger partial charge in [0, 0.05) is 24.5 Å². The van der Waals surface area contributed by atoms with Gasteiger partial charge in [-0.05, 0) is 43.2 Å². The lowest BCUT2D eigenvalue weighted by Gasteiger charge is -2.11. The Balaban J connectivity index is 2.18. The van der Waals surface area contributed by atoms with E-state index in [9.17, 15) is 9.59 Å². The van der Waals surface area contributed by atoms with Crippen molar-refractivity contribution in [3.05, 3.63) is 92.8 Å². The van der Waals surface area contributed by atoms with Crippen LogP contribution >= 0.6 is 0 Å². The third-order valence-electron chi connectivity index (χ3n) is 3.50. The summed E-state index contributed by atoms with van der Waals surface area (Å²) in [5.74, 6) is 0. The minimum Gasteiger partial charge on any atom is -0.284 e. The molecule has 2 aromatic heterocycles. The highest BCUT2D eigenvalue weighted by Crippen LogP contribution is 2.13. The van der Waals surface area contributed by atoms with E-state index < -0.39 is 0 Å². The van der Waals surface area contributed by atoms with Crippen LogP contribution in [0.4, 0.5) is 0 Å². The van der Waals surface area contributed by atoms with Crippen LogP contribution in [0.15, 0.2) is 70.5 Å². The number of aryl methyl sites for hydroxylation is 2. The number of hydrogen-bond donors (Lipinski definition) is 0. The standard InChI is InChI=1S/C18H16N2O2/c1-13-6-8-17(21)19(11-13)15-4-3-5-16(10-15)20-12-14(2)7-9-18(20)22/h3-12H,1-2H3. The zero-order valence-electron chi connectivity index (χ0n) is 12.5. The predicted molar refractivity (Wildman–Crippen MR) is 87.1 cm³/mol. The number of hydrogen-bond acceptors (Lipinski definition) is 2. The molecule has 4 nitrogen and oxygen atoms in total. The molecule has 0 radical (unpaired) electrons. The molecule has 0 aliphatic carbocycles. The summed E-state index contributed by atoms with van der Waals surface area (Å²) in [6, 6.07) is 14.0. The molecule has 0 aliphatic rings. The maximum Gasteiger partial charge on any atom is 0.255 e. The topological polar surface area (TPSA) is 44.0 Å². The Kier molecular flexibility index (Phi) is 3.51. The van der Waals surface area contributed by atoms with Gasteiger partial charge in [0.05, 0.1) is 11.4 Å². The summed E-state index contributed by atoms with van der Waals surface area (Å²) in [5.41, 5.74) is 3.27. The van der Waals surface area contributed by atoms with Crippen LogP contribution in [0.5, 0.6) is 0 Å².